The maximum Gasteiger partial charge on any atom is 0.407 e. The molecule has 4 nitrogen and oxygen atoms in total. The Balaban J connectivity index is 3.83. The lowest BCUT2D eigenvalue weighted by Crippen LogP contribution is -2.30. The number of ether oxygens (including phenoxy) is 1. The van der Waals surface area contributed by atoms with Crippen molar-refractivity contribution in [1.82, 2.24) is 5.32 Å². The van der Waals surface area contributed by atoms with Crippen LogP contribution in [-0.4, -0.2) is 30.5 Å². The molecule has 0 aromatic carbocycles. The molecule has 0 spiro atoms. The van der Waals surface area contributed by atoms with Gasteiger partial charge in [0, 0.05) is 13.2 Å². The molecular weight excluding hydrogens is 494 g/mol. The van der Waals surface area contributed by atoms with Crippen molar-refractivity contribution in [3.63, 3.8) is 0 Å². The van der Waals surface area contributed by atoms with Crippen LogP contribution in [0.1, 0.15) is 206 Å². The Morgan fingerprint density at radius 2 is 0.800 bits per heavy atom. The average molecular weight is 568 g/mol. The van der Waals surface area contributed by atoms with E-state index in [2.05, 4.69) is 19.2 Å². The van der Waals surface area contributed by atoms with E-state index < -0.39 is 0 Å². The molecule has 0 saturated carbocycles. The average Bonchev–Trinajstić information content (AvgIpc) is 2.95. The summed E-state index contributed by atoms with van der Waals surface area (Å²) in [6.45, 7) is 5.15. The molecule has 0 aliphatic heterocycles. The molecule has 0 aromatic heterocycles. The highest BCUT2D eigenvalue weighted by molar-refractivity contribution is 5.67. The number of carbonyl (C=O) groups is 1. The largest absolute Gasteiger partial charge is 0.446 e. The zero-order valence-electron chi connectivity index (χ0n) is 27.5. The van der Waals surface area contributed by atoms with Gasteiger partial charge >= 0.3 is 6.09 Å². The minimum absolute atomic E-state index is 0.0409. The van der Waals surface area contributed by atoms with E-state index >= 15 is 0 Å². The van der Waals surface area contributed by atoms with Crippen LogP contribution in [0.4, 0.5) is 4.79 Å². The number of unbranched alkanes of at least 4 members (excludes halogenated alkanes) is 25. The third-order valence-electron chi connectivity index (χ3n) is 8.39. The monoisotopic (exact) mass is 568 g/mol. The predicted molar refractivity (Wildman–Crippen MR) is 175 cm³/mol. The van der Waals surface area contributed by atoms with Crippen LogP contribution in [0.25, 0.3) is 0 Å². The number of amides is 1. The first-order valence-corrected chi connectivity index (χ1v) is 18.3. The highest BCUT2D eigenvalue weighted by Crippen LogP contribution is 2.18. The molecule has 40 heavy (non-hydrogen) atoms. The number of aliphatic hydroxyl groups is 1. The van der Waals surface area contributed by atoms with Gasteiger partial charge in [0.15, 0.2) is 0 Å². The van der Waals surface area contributed by atoms with Crippen LogP contribution in [-0.2, 0) is 4.74 Å². The Kier molecular flexibility index (Phi) is 33.8. The zero-order chi connectivity index (χ0) is 29.2. The van der Waals surface area contributed by atoms with Crippen LogP contribution in [0.5, 0.6) is 0 Å². The molecule has 1 atom stereocenters. The number of carbonyl (C=O) groups excluding carboxylic acids is 1. The Labute approximate surface area is 251 Å². The maximum absolute atomic E-state index is 12.2. The summed E-state index contributed by atoms with van der Waals surface area (Å²) in [6, 6.07) is 0. The molecule has 0 radical (unpaired) electrons. The van der Waals surface area contributed by atoms with Gasteiger partial charge in [-0.3, -0.25) is 0 Å². The van der Waals surface area contributed by atoms with Crippen LogP contribution < -0.4 is 5.32 Å². The van der Waals surface area contributed by atoms with Crippen LogP contribution in [0.2, 0.25) is 0 Å². The van der Waals surface area contributed by atoms with E-state index in [9.17, 15) is 4.79 Å². The fraction of sp³-hybridized carbons (Fsp3) is 0.972. The molecule has 1 unspecified atom stereocenters. The number of rotatable bonds is 33. The van der Waals surface area contributed by atoms with Gasteiger partial charge in [0.25, 0.3) is 0 Å². The highest BCUT2D eigenvalue weighted by Gasteiger charge is 2.14. The molecule has 1 amide bonds. The second kappa shape index (κ2) is 34.4. The fourth-order valence-corrected chi connectivity index (χ4v) is 5.68. The summed E-state index contributed by atoms with van der Waals surface area (Å²) >= 11 is 0. The van der Waals surface area contributed by atoms with Crippen molar-refractivity contribution in [3.8, 4) is 0 Å². The van der Waals surface area contributed by atoms with Gasteiger partial charge in [-0.05, 0) is 32.1 Å². The van der Waals surface area contributed by atoms with Crippen molar-refractivity contribution in [2.24, 2.45) is 0 Å². The van der Waals surface area contributed by atoms with Gasteiger partial charge in [0.1, 0.15) is 6.10 Å². The molecule has 0 aromatic rings. The van der Waals surface area contributed by atoms with Gasteiger partial charge in [-0.25, -0.2) is 4.79 Å². The number of aliphatic hydroxyl groups excluding tert-OH is 1. The van der Waals surface area contributed by atoms with Crippen molar-refractivity contribution in [1.29, 1.82) is 0 Å². The van der Waals surface area contributed by atoms with Crippen molar-refractivity contribution in [3.05, 3.63) is 0 Å². The summed E-state index contributed by atoms with van der Waals surface area (Å²) in [7, 11) is 0. The molecule has 0 fully saturated rings. The van der Waals surface area contributed by atoms with Crippen LogP contribution in [0.15, 0.2) is 0 Å². The molecule has 0 heterocycles. The lowest BCUT2D eigenvalue weighted by Gasteiger charge is -2.18. The summed E-state index contributed by atoms with van der Waals surface area (Å²) < 4.78 is 5.79. The van der Waals surface area contributed by atoms with Gasteiger partial charge in [-0.15, -0.1) is 0 Å². The zero-order valence-corrected chi connectivity index (χ0v) is 27.5. The standard InChI is InChI=1S/C36H73NO3/c1-3-5-7-9-11-13-15-17-19-21-23-25-27-29-32-35(40-36(39)37-33-30-34-38)31-28-26-24-22-20-18-16-14-12-10-8-6-4-2/h35,38H,3-34H2,1-2H3,(H,37,39). The van der Waals surface area contributed by atoms with Crippen molar-refractivity contribution in [2.45, 2.75) is 213 Å². The van der Waals surface area contributed by atoms with E-state index in [4.69, 9.17) is 9.84 Å². The van der Waals surface area contributed by atoms with Crippen LogP contribution in [0.3, 0.4) is 0 Å². The smallest absolute Gasteiger partial charge is 0.407 e. The van der Waals surface area contributed by atoms with E-state index in [1.807, 2.05) is 0 Å². The summed E-state index contributed by atoms with van der Waals surface area (Å²) in [5.74, 6) is 0. The lowest BCUT2D eigenvalue weighted by atomic mass is 10.0. The molecular formula is C36H73NO3. The number of nitrogens with one attached hydrogen (secondary N) is 1. The summed E-state index contributed by atoms with van der Waals surface area (Å²) in [6.07, 6.45) is 39.1. The molecule has 4 heteroatoms. The minimum atomic E-state index is -0.307. The summed E-state index contributed by atoms with van der Waals surface area (Å²) in [5, 5.41) is 11.7. The van der Waals surface area contributed by atoms with E-state index in [0.29, 0.717) is 13.0 Å². The minimum Gasteiger partial charge on any atom is -0.446 e. The Hall–Kier alpha value is -0.770. The molecule has 240 valence electrons. The van der Waals surface area contributed by atoms with Gasteiger partial charge in [0.2, 0.25) is 0 Å². The third-order valence-corrected chi connectivity index (χ3v) is 8.39. The summed E-state index contributed by atoms with van der Waals surface area (Å²) in [4.78, 5) is 12.2. The Morgan fingerprint density at radius 1 is 0.500 bits per heavy atom. The Bertz CT molecular complexity index is 485. The quantitative estimate of drug-likeness (QED) is 0.0775. The third kappa shape index (κ3) is 31.8. The second-order valence-electron chi connectivity index (χ2n) is 12.4. The predicted octanol–water partition coefficient (Wildman–Crippen LogP) is 11.8. The van der Waals surface area contributed by atoms with E-state index in [-0.39, 0.29) is 18.8 Å². The SMILES string of the molecule is CCCCCCCCCCCCCCCCC(CCCCCCCCCCCCCCC)OC(=O)NCCCO. The van der Waals surface area contributed by atoms with Crippen LogP contribution in [0, 0.1) is 0 Å². The van der Waals surface area contributed by atoms with E-state index in [1.54, 1.807) is 0 Å². The Morgan fingerprint density at radius 3 is 1.10 bits per heavy atom. The molecule has 0 aliphatic carbocycles. The van der Waals surface area contributed by atoms with Crippen molar-refractivity contribution >= 4 is 6.09 Å². The summed E-state index contributed by atoms with van der Waals surface area (Å²) in [5.41, 5.74) is 0. The lowest BCUT2D eigenvalue weighted by molar-refractivity contribution is 0.0838. The van der Waals surface area contributed by atoms with E-state index in [0.717, 1.165) is 25.7 Å². The highest BCUT2D eigenvalue weighted by atomic mass is 16.6. The molecule has 0 bridgehead atoms. The molecule has 0 aliphatic rings. The molecule has 0 rings (SSSR count). The molecule has 0 saturated heterocycles. The number of hydrogen-bond acceptors (Lipinski definition) is 3. The van der Waals surface area contributed by atoms with Crippen molar-refractivity contribution < 1.29 is 14.6 Å². The van der Waals surface area contributed by atoms with Crippen molar-refractivity contribution in [2.75, 3.05) is 13.2 Å². The topological polar surface area (TPSA) is 58.6 Å². The maximum atomic E-state index is 12.2. The van der Waals surface area contributed by atoms with Gasteiger partial charge in [0.05, 0.1) is 0 Å². The number of hydrogen-bond donors (Lipinski definition) is 2. The first kappa shape index (κ1) is 39.2. The van der Waals surface area contributed by atoms with Crippen LogP contribution >= 0.6 is 0 Å². The number of alkyl carbamates (subject to hydrolysis) is 1. The fourth-order valence-electron chi connectivity index (χ4n) is 5.68. The van der Waals surface area contributed by atoms with Gasteiger partial charge in [-0.2, -0.15) is 0 Å². The van der Waals surface area contributed by atoms with E-state index in [1.165, 1.54) is 161 Å². The normalized spacial score (nSPS) is 12.1. The first-order chi connectivity index (χ1) is 19.7. The first-order valence-electron chi connectivity index (χ1n) is 18.3. The second-order valence-corrected chi connectivity index (χ2v) is 12.4. The molecule has 2 N–H and O–H groups in total. The van der Waals surface area contributed by atoms with Gasteiger partial charge < -0.3 is 15.2 Å². The van der Waals surface area contributed by atoms with Gasteiger partial charge in [-0.1, -0.05) is 174 Å².